The third kappa shape index (κ3) is 2.68. The molecule has 0 aromatic heterocycles. The van der Waals surface area contributed by atoms with Gasteiger partial charge in [0.05, 0.1) is 11.3 Å². The molecule has 1 rings (SSSR count). The monoisotopic (exact) mass is 207 g/mol. The van der Waals surface area contributed by atoms with Crippen LogP contribution in [0.1, 0.15) is 12.5 Å². The number of anilines is 1. The van der Waals surface area contributed by atoms with E-state index in [2.05, 4.69) is 5.32 Å². The molecule has 0 saturated heterocycles. The quantitative estimate of drug-likeness (QED) is 0.775. The van der Waals surface area contributed by atoms with Crippen molar-refractivity contribution in [2.45, 2.75) is 13.0 Å². The number of hydrogen-bond donors (Lipinski definition) is 2. The molecule has 1 aromatic carbocycles. The first kappa shape index (κ1) is 11.0. The standard InChI is InChI=1S/C10H10FN3O/c1-6(10(13)15)14-9-3-2-8(11)4-7(9)5-12/h2-4,6,14H,1H3,(H2,13,15). The third-order valence-electron chi connectivity index (χ3n) is 1.90. The average Bonchev–Trinajstić information content (AvgIpc) is 2.20. The van der Waals surface area contributed by atoms with Crippen LogP contribution in [0.3, 0.4) is 0 Å². The van der Waals surface area contributed by atoms with E-state index in [1.165, 1.54) is 12.1 Å². The summed E-state index contributed by atoms with van der Waals surface area (Å²) in [5.41, 5.74) is 5.58. The van der Waals surface area contributed by atoms with Crippen molar-refractivity contribution in [3.8, 4) is 6.07 Å². The molecule has 0 bridgehead atoms. The SMILES string of the molecule is CC(Nc1ccc(F)cc1C#N)C(N)=O. The molecule has 1 aromatic rings. The van der Waals surface area contributed by atoms with Crippen molar-refractivity contribution in [2.24, 2.45) is 5.73 Å². The van der Waals surface area contributed by atoms with Crippen LogP contribution >= 0.6 is 0 Å². The summed E-state index contributed by atoms with van der Waals surface area (Å²) < 4.78 is 12.8. The van der Waals surface area contributed by atoms with E-state index >= 15 is 0 Å². The van der Waals surface area contributed by atoms with Crippen LogP contribution in [0, 0.1) is 17.1 Å². The third-order valence-corrected chi connectivity index (χ3v) is 1.90. The fraction of sp³-hybridized carbons (Fsp3) is 0.200. The van der Waals surface area contributed by atoms with Gasteiger partial charge in [-0.25, -0.2) is 4.39 Å². The molecule has 1 unspecified atom stereocenters. The van der Waals surface area contributed by atoms with Gasteiger partial charge >= 0.3 is 0 Å². The lowest BCUT2D eigenvalue weighted by Gasteiger charge is -2.12. The first-order valence-corrected chi connectivity index (χ1v) is 4.30. The number of amides is 1. The Bertz CT molecular complexity index is 425. The van der Waals surface area contributed by atoms with Crippen LogP contribution in [-0.2, 0) is 4.79 Å². The van der Waals surface area contributed by atoms with Gasteiger partial charge in [0.25, 0.3) is 0 Å². The number of hydrogen-bond acceptors (Lipinski definition) is 3. The molecule has 1 amide bonds. The molecule has 4 nitrogen and oxygen atoms in total. The summed E-state index contributed by atoms with van der Waals surface area (Å²) in [6.45, 7) is 1.56. The number of carbonyl (C=O) groups is 1. The molecule has 0 heterocycles. The van der Waals surface area contributed by atoms with Crippen molar-refractivity contribution in [1.29, 1.82) is 5.26 Å². The Kier molecular flexibility index (Phi) is 3.24. The first-order valence-electron chi connectivity index (χ1n) is 4.30. The maximum atomic E-state index is 12.8. The summed E-state index contributed by atoms with van der Waals surface area (Å²) in [4.78, 5) is 10.8. The van der Waals surface area contributed by atoms with Gasteiger partial charge in [0, 0.05) is 0 Å². The lowest BCUT2D eigenvalue weighted by molar-refractivity contribution is -0.118. The Hall–Kier alpha value is -2.09. The van der Waals surface area contributed by atoms with Gasteiger partial charge in [0.15, 0.2) is 0 Å². The fourth-order valence-electron chi connectivity index (χ4n) is 1.04. The van der Waals surface area contributed by atoms with Crippen LogP contribution in [0.4, 0.5) is 10.1 Å². The minimum absolute atomic E-state index is 0.142. The highest BCUT2D eigenvalue weighted by molar-refractivity contribution is 5.83. The Morgan fingerprint density at radius 2 is 2.33 bits per heavy atom. The summed E-state index contributed by atoms with van der Waals surface area (Å²) in [6, 6.07) is 4.91. The van der Waals surface area contributed by atoms with E-state index in [1.54, 1.807) is 6.92 Å². The number of nitrogens with one attached hydrogen (secondary N) is 1. The average molecular weight is 207 g/mol. The highest BCUT2D eigenvalue weighted by Gasteiger charge is 2.10. The molecule has 0 spiro atoms. The Labute approximate surface area is 86.5 Å². The van der Waals surface area contributed by atoms with E-state index in [9.17, 15) is 9.18 Å². The van der Waals surface area contributed by atoms with Crippen LogP contribution in [0.2, 0.25) is 0 Å². The van der Waals surface area contributed by atoms with E-state index in [0.717, 1.165) is 6.07 Å². The van der Waals surface area contributed by atoms with Crippen molar-refractivity contribution in [1.82, 2.24) is 0 Å². The minimum atomic E-state index is -0.609. The molecular weight excluding hydrogens is 197 g/mol. The number of primary amides is 1. The van der Waals surface area contributed by atoms with Crippen LogP contribution in [0.15, 0.2) is 18.2 Å². The van der Waals surface area contributed by atoms with Gasteiger partial charge < -0.3 is 11.1 Å². The highest BCUT2D eigenvalue weighted by atomic mass is 19.1. The Morgan fingerprint density at radius 1 is 1.67 bits per heavy atom. The van der Waals surface area contributed by atoms with Crippen molar-refractivity contribution < 1.29 is 9.18 Å². The van der Waals surface area contributed by atoms with Crippen molar-refractivity contribution in [3.63, 3.8) is 0 Å². The smallest absolute Gasteiger partial charge is 0.239 e. The minimum Gasteiger partial charge on any atom is -0.373 e. The molecule has 78 valence electrons. The van der Waals surface area contributed by atoms with E-state index in [1.807, 2.05) is 6.07 Å². The maximum Gasteiger partial charge on any atom is 0.239 e. The van der Waals surface area contributed by atoms with E-state index in [4.69, 9.17) is 11.0 Å². The van der Waals surface area contributed by atoms with Crippen LogP contribution in [-0.4, -0.2) is 11.9 Å². The maximum absolute atomic E-state index is 12.8. The zero-order chi connectivity index (χ0) is 11.4. The van der Waals surface area contributed by atoms with Gasteiger partial charge in [-0.15, -0.1) is 0 Å². The second kappa shape index (κ2) is 4.42. The lowest BCUT2D eigenvalue weighted by Crippen LogP contribution is -2.32. The van der Waals surface area contributed by atoms with E-state index in [0.29, 0.717) is 5.69 Å². The number of benzene rings is 1. The molecular formula is C10H10FN3O. The van der Waals surface area contributed by atoms with Crippen molar-refractivity contribution >= 4 is 11.6 Å². The van der Waals surface area contributed by atoms with Crippen LogP contribution < -0.4 is 11.1 Å². The molecule has 0 aliphatic heterocycles. The molecule has 3 N–H and O–H groups in total. The molecule has 0 aliphatic carbocycles. The van der Waals surface area contributed by atoms with Crippen LogP contribution in [0.25, 0.3) is 0 Å². The van der Waals surface area contributed by atoms with Gasteiger partial charge in [0.1, 0.15) is 17.9 Å². The highest BCUT2D eigenvalue weighted by Crippen LogP contribution is 2.16. The largest absolute Gasteiger partial charge is 0.373 e. The lowest BCUT2D eigenvalue weighted by atomic mass is 10.1. The summed E-state index contributed by atoms with van der Waals surface area (Å²) in [5, 5.41) is 11.4. The summed E-state index contributed by atoms with van der Waals surface area (Å²) in [7, 11) is 0. The Morgan fingerprint density at radius 3 is 2.87 bits per heavy atom. The first-order chi connectivity index (χ1) is 7.04. The number of rotatable bonds is 3. The van der Waals surface area contributed by atoms with Crippen LogP contribution in [0.5, 0.6) is 0 Å². The van der Waals surface area contributed by atoms with Crippen molar-refractivity contribution in [2.75, 3.05) is 5.32 Å². The van der Waals surface area contributed by atoms with Gasteiger partial charge in [-0.3, -0.25) is 4.79 Å². The molecule has 0 radical (unpaired) electrons. The zero-order valence-corrected chi connectivity index (χ0v) is 8.12. The predicted octanol–water partition coefficient (Wildman–Crippen LogP) is 0.983. The molecule has 15 heavy (non-hydrogen) atoms. The normalized spacial score (nSPS) is 11.5. The van der Waals surface area contributed by atoms with Gasteiger partial charge in [-0.1, -0.05) is 0 Å². The van der Waals surface area contributed by atoms with Gasteiger partial charge in [-0.2, -0.15) is 5.26 Å². The summed E-state index contributed by atoms with van der Waals surface area (Å²) in [5.74, 6) is -1.04. The number of halogens is 1. The molecule has 1 atom stereocenters. The van der Waals surface area contributed by atoms with E-state index < -0.39 is 17.8 Å². The van der Waals surface area contributed by atoms with Gasteiger partial charge in [0.2, 0.25) is 5.91 Å². The number of nitriles is 1. The summed E-state index contributed by atoms with van der Waals surface area (Å²) >= 11 is 0. The Balaban J connectivity index is 2.96. The number of carbonyl (C=O) groups excluding carboxylic acids is 1. The zero-order valence-electron chi connectivity index (χ0n) is 8.12. The molecule has 5 heteroatoms. The molecule has 0 aliphatic rings. The van der Waals surface area contributed by atoms with Gasteiger partial charge in [-0.05, 0) is 25.1 Å². The predicted molar refractivity (Wildman–Crippen MR) is 53.4 cm³/mol. The molecule has 0 fully saturated rings. The molecule has 0 saturated carbocycles. The number of nitrogens with two attached hydrogens (primary N) is 1. The topological polar surface area (TPSA) is 78.9 Å². The number of nitrogens with zero attached hydrogens (tertiary/aromatic N) is 1. The summed E-state index contributed by atoms with van der Waals surface area (Å²) in [6.07, 6.45) is 0. The second-order valence-electron chi connectivity index (χ2n) is 3.07. The fourth-order valence-corrected chi connectivity index (χ4v) is 1.04. The van der Waals surface area contributed by atoms with E-state index in [-0.39, 0.29) is 5.56 Å². The van der Waals surface area contributed by atoms with Crippen molar-refractivity contribution in [3.05, 3.63) is 29.6 Å². The second-order valence-corrected chi connectivity index (χ2v) is 3.07.